The molecule has 0 radical (unpaired) electrons. The van der Waals surface area contributed by atoms with Crippen LogP contribution in [0.1, 0.15) is 6.92 Å². The zero-order valence-corrected chi connectivity index (χ0v) is 12.2. The molecule has 0 spiro atoms. The van der Waals surface area contributed by atoms with Gasteiger partial charge in [-0.15, -0.1) is 0 Å². The molecule has 2 rings (SSSR count). The predicted octanol–water partition coefficient (Wildman–Crippen LogP) is 4.55. The fourth-order valence-corrected chi connectivity index (χ4v) is 2.32. The summed E-state index contributed by atoms with van der Waals surface area (Å²) in [5, 5.41) is 2.40. The Balaban J connectivity index is 2.26. The third kappa shape index (κ3) is 2.96. The molecule has 17 heavy (non-hydrogen) atoms. The summed E-state index contributed by atoms with van der Waals surface area (Å²) in [6, 6.07) is 12.4. The second-order valence-corrected chi connectivity index (χ2v) is 5.36. The van der Waals surface area contributed by atoms with Gasteiger partial charge >= 0.3 is 0 Å². The van der Waals surface area contributed by atoms with Crippen molar-refractivity contribution in [3.63, 3.8) is 0 Å². The minimum atomic E-state index is 0.455. The molecule has 0 fully saturated rings. The smallest absolute Gasteiger partial charge is 0.134 e. The van der Waals surface area contributed by atoms with Crippen molar-refractivity contribution < 1.29 is 4.74 Å². The molecule has 0 saturated heterocycles. The monoisotopic (exact) mass is 310 g/mol. The van der Waals surface area contributed by atoms with Crippen molar-refractivity contribution in [1.82, 2.24) is 0 Å². The number of thiol groups is 1. The van der Waals surface area contributed by atoms with E-state index in [1.807, 2.05) is 18.2 Å². The minimum absolute atomic E-state index is 0.455. The highest BCUT2D eigenvalue weighted by atomic mass is 79.9. The Labute approximate surface area is 116 Å². The number of benzene rings is 2. The first-order valence-corrected chi connectivity index (χ1v) is 7.06. The lowest BCUT2D eigenvalue weighted by Gasteiger charge is -2.13. The highest BCUT2D eigenvalue weighted by Gasteiger charge is 2.07. The zero-order chi connectivity index (χ0) is 12.3. The molecule has 1 unspecified atom stereocenters. The van der Waals surface area contributed by atoms with Crippen LogP contribution in [0, 0.1) is 5.92 Å². The first-order chi connectivity index (χ1) is 8.22. The Morgan fingerprint density at radius 3 is 2.76 bits per heavy atom. The summed E-state index contributed by atoms with van der Waals surface area (Å²) in [7, 11) is 0. The molecule has 0 saturated carbocycles. The second-order valence-electron chi connectivity index (χ2n) is 4.20. The summed E-state index contributed by atoms with van der Waals surface area (Å²) in [6.07, 6.45) is 0. The van der Waals surface area contributed by atoms with Crippen LogP contribution in [0.4, 0.5) is 0 Å². The molecule has 0 N–H and O–H groups in total. The van der Waals surface area contributed by atoms with E-state index in [0.717, 1.165) is 16.0 Å². The number of rotatable bonds is 4. The van der Waals surface area contributed by atoms with Gasteiger partial charge in [0.25, 0.3) is 0 Å². The van der Waals surface area contributed by atoms with Gasteiger partial charge in [0.05, 0.1) is 11.1 Å². The summed E-state index contributed by atoms with van der Waals surface area (Å²) < 4.78 is 6.83. The topological polar surface area (TPSA) is 9.23 Å². The lowest BCUT2D eigenvalue weighted by Crippen LogP contribution is -2.09. The van der Waals surface area contributed by atoms with Crippen LogP contribution < -0.4 is 4.74 Å². The average Bonchev–Trinajstić information content (AvgIpc) is 2.38. The van der Waals surface area contributed by atoms with Crippen molar-refractivity contribution in [2.24, 2.45) is 5.92 Å². The van der Waals surface area contributed by atoms with Crippen molar-refractivity contribution in [3.05, 3.63) is 40.9 Å². The van der Waals surface area contributed by atoms with E-state index >= 15 is 0 Å². The molecular weight excluding hydrogens is 296 g/mol. The summed E-state index contributed by atoms with van der Waals surface area (Å²) in [4.78, 5) is 0. The third-order valence-corrected chi connectivity index (χ3v) is 4.10. The maximum absolute atomic E-state index is 5.80. The molecule has 1 atom stereocenters. The van der Waals surface area contributed by atoms with Gasteiger partial charge in [0.1, 0.15) is 5.75 Å². The number of hydrogen-bond donors (Lipinski definition) is 1. The van der Waals surface area contributed by atoms with Crippen molar-refractivity contribution in [2.45, 2.75) is 6.92 Å². The van der Waals surface area contributed by atoms with Crippen LogP contribution in [-0.4, -0.2) is 12.4 Å². The fourth-order valence-electron chi connectivity index (χ4n) is 1.61. The van der Waals surface area contributed by atoms with Gasteiger partial charge in [-0.25, -0.2) is 0 Å². The minimum Gasteiger partial charge on any atom is -0.492 e. The molecule has 0 aliphatic carbocycles. The van der Waals surface area contributed by atoms with E-state index in [4.69, 9.17) is 4.74 Å². The third-order valence-electron chi connectivity index (χ3n) is 2.66. The van der Waals surface area contributed by atoms with Gasteiger partial charge in [0.15, 0.2) is 0 Å². The lowest BCUT2D eigenvalue weighted by molar-refractivity contribution is 0.272. The summed E-state index contributed by atoms with van der Waals surface area (Å²) >= 11 is 7.86. The van der Waals surface area contributed by atoms with Gasteiger partial charge in [0, 0.05) is 0 Å². The molecule has 3 heteroatoms. The molecule has 0 aliphatic rings. The summed E-state index contributed by atoms with van der Waals surface area (Å²) in [5.41, 5.74) is 0. The van der Waals surface area contributed by atoms with E-state index in [0.29, 0.717) is 12.5 Å². The Morgan fingerprint density at radius 1 is 1.24 bits per heavy atom. The molecule has 2 aromatic rings. The number of halogens is 1. The first-order valence-electron chi connectivity index (χ1n) is 5.63. The Morgan fingerprint density at radius 2 is 2.00 bits per heavy atom. The van der Waals surface area contributed by atoms with E-state index in [9.17, 15) is 0 Å². The largest absolute Gasteiger partial charge is 0.492 e. The van der Waals surface area contributed by atoms with Crippen LogP contribution in [0.5, 0.6) is 5.75 Å². The second kappa shape index (κ2) is 5.78. The van der Waals surface area contributed by atoms with E-state index in [2.05, 4.69) is 53.7 Å². The molecule has 0 amide bonds. The van der Waals surface area contributed by atoms with E-state index in [1.54, 1.807) is 0 Å². The van der Waals surface area contributed by atoms with E-state index in [1.165, 1.54) is 10.8 Å². The van der Waals surface area contributed by atoms with Gasteiger partial charge in [-0.05, 0) is 44.4 Å². The van der Waals surface area contributed by atoms with Gasteiger partial charge in [-0.2, -0.15) is 12.6 Å². The van der Waals surface area contributed by atoms with Crippen molar-refractivity contribution >= 4 is 39.3 Å². The van der Waals surface area contributed by atoms with Crippen molar-refractivity contribution in [3.8, 4) is 5.75 Å². The molecule has 0 bridgehead atoms. The SMILES string of the molecule is CC(CS)COc1ccc2ccccc2c1Br. The number of hydrogen-bond acceptors (Lipinski definition) is 2. The van der Waals surface area contributed by atoms with Crippen LogP contribution >= 0.6 is 28.6 Å². The summed E-state index contributed by atoms with van der Waals surface area (Å²) in [5.74, 6) is 2.19. The Hall–Kier alpha value is -0.670. The van der Waals surface area contributed by atoms with Gasteiger partial charge < -0.3 is 4.74 Å². The quantitative estimate of drug-likeness (QED) is 0.815. The number of fused-ring (bicyclic) bond motifs is 1. The molecule has 1 nitrogen and oxygen atoms in total. The summed E-state index contributed by atoms with van der Waals surface area (Å²) in [6.45, 7) is 2.82. The van der Waals surface area contributed by atoms with E-state index < -0.39 is 0 Å². The van der Waals surface area contributed by atoms with Crippen LogP contribution in [0.3, 0.4) is 0 Å². The lowest BCUT2D eigenvalue weighted by atomic mass is 10.1. The van der Waals surface area contributed by atoms with Crippen molar-refractivity contribution in [2.75, 3.05) is 12.4 Å². The van der Waals surface area contributed by atoms with Crippen LogP contribution in [0.2, 0.25) is 0 Å². The predicted molar refractivity (Wildman–Crippen MR) is 80.2 cm³/mol. The van der Waals surface area contributed by atoms with Crippen LogP contribution in [0.15, 0.2) is 40.9 Å². The Kier molecular flexibility index (Phi) is 4.35. The highest BCUT2D eigenvalue weighted by molar-refractivity contribution is 9.10. The molecule has 2 aromatic carbocycles. The van der Waals surface area contributed by atoms with E-state index in [-0.39, 0.29) is 0 Å². The number of ether oxygens (including phenoxy) is 1. The van der Waals surface area contributed by atoms with Crippen LogP contribution in [-0.2, 0) is 0 Å². The standard InChI is InChI=1S/C14H15BrOS/c1-10(9-17)8-16-13-7-6-11-4-2-3-5-12(11)14(13)15/h2-7,10,17H,8-9H2,1H3. The maximum atomic E-state index is 5.80. The fraction of sp³-hybridized carbons (Fsp3) is 0.286. The molecule has 0 aliphatic heterocycles. The maximum Gasteiger partial charge on any atom is 0.134 e. The molecule has 0 heterocycles. The molecular formula is C14H15BrOS. The zero-order valence-electron chi connectivity index (χ0n) is 9.69. The first kappa shape index (κ1) is 12.8. The van der Waals surface area contributed by atoms with Gasteiger partial charge in [-0.1, -0.05) is 37.3 Å². The van der Waals surface area contributed by atoms with Gasteiger partial charge in [-0.3, -0.25) is 0 Å². The van der Waals surface area contributed by atoms with Crippen LogP contribution in [0.25, 0.3) is 10.8 Å². The molecule has 0 aromatic heterocycles. The highest BCUT2D eigenvalue weighted by Crippen LogP contribution is 2.33. The molecule has 90 valence electrons. The van der Waals surface area contributed by atoms with Gasteiger partial charge in [0.2, 0.25) is 0 Å². The average molecular weight is 311 g/mol. The Bertz CT molecular complexity index is 513. The van der Waals surface area contributed by atoms with Crippen molar-refractivity contribution in [1.29, 1.82) is 0 Å². The normalized spacial score (nSPS) is 12.6.